The summed E-state index contributed by atoms with van der Waals surface area (Å²) in [5, 5.41) is 0. The van der Waals surface area contributed by atoms with Crippen molar-refractivity contribution in [1.82, 2.24) is 0 Å². The molecule has 1 aliphatic carbocycles. The average molecular weight is 226 g/mol. The van der Waals surface area contributed by atoms with Crippen LogP contribution in [0.3, 0.4) is 0 Å². The molecular formula is C12H18O4. The lowest BCUT2D eigenvalue weighted by atomic mass is 9.90. The lowest BCUT2D eigenvalue weighted by Gasteiger charge is -2.19. The molecule has 0 N–H and O–H groups in total. The van der Waals surface area contributed by atoms with Gasteiger partial charge in [0.15, 0.2) is 0 Å². The van der Waals surface area contributed by atoms with Crippen LogP contribution in [0.2, 0.25) is 0 Å². The van der Waals surface area contributed by atoms with Crippen LogP contribution in [0.4, 0.5) is 0 Å². The Bertz CT molecular complexity index is 304. The van der Waals surface area contributed by atoms with Crippen molar-refractivity contribution >= 4 is 11.9 Å². The molecule has 0 bridgehead atoms. The molecule has 0 aliphatic heterocycles. The van der Waals surface area contributed by atoms with Crippen molar-refractivity contribution in [3.05, 3.63) is 11.6 Å². The molecule has 0 saturated heterocycles. The zero-order chi connectivity index (χ0) is 12.1. The van der Waals surface area contributed by atoms with Gasteiger partial charge in [-0.05, 0) is 33.1 Å². The fraction of sp³-hybridized carbons (Fsp3) is 0.667. The summed E-state index contributed by atoms with van der Waals surface area (Å²) in [7, 11) is 1.35. The summed E-state index contributed by atoms with van der Waals surface area (Å²) in [5.41, 5.74) is 0.583. The van der Waals surface area contributed by atoms with E-state index in [4.69, 9.17) is 4.74 Å². The predicted octanol–water partition coefficient (Wildman–Crippen LogP) is 1.84. The van der Waals surface area contributed by atoms with Crippen LogP contribution in [0, 0.1) is 5.92 Å². The van der Waals surface area contributed by atoms with Crippen molar-refractivity contribution in [1.29, 1.82) is 0 Å². The zero-order valence-electron chi connectivity index (χ0n) is 9.99. The largest absolute Gasteiger partial charge is 0.466 e. The number of hydrogen-bond donors (Lipinski definition) is 0. The van der Waals surface area contributed by atoms with E-state index in [0.29, 0.717) is 12.0 Å². The van der Waals surface area contributed by atoms with Crippen LogP contribution in [0.1, 0.15) is 33.1 Å². The van der Waals surface area contributed by atoms with Gasteiger partial charge in [-0.1, -0.05) is 6.08 Å². The number of carbonyl (C=O) groups excluding carboxylic acids is 2. The molecule has 0 fully saturated rings. The maximum atomic E-state index is 11.6. The molecule has 0 aromatic rings. The van der Waals surface area contributed by atoms with Crippen LogP contribution in [-0.2, 0) is 19.1 Å². The Morgan fingerprint density at radius 2 is 2.12 bits per heavy atom. The second-order valence-corrected chi connectivity index (χ2v) is 4.17. The van der Waals surface area contributed by atoms with E-state index in [1.807, 2.05) is 13.8 Å². The second kappa shape index (κ2) is 5.68. The van der Waals surface area contributed by atoms with Gasteiger partial charge in [-0.3, -0.25) is 4.79 Å². The van der Waals surface area contributed by atoms with Crippen molar-refractivity contribution in [2.75, 3.05) is 7.11 Å². The molecule has 90 valence electrons. The molecule has 4 nitrogen and oxygen atoms in total. The first kappa shape index (κ1) is 12.7. The summed E-state index contributed by atoms with van der Waals surface area (Å²) in [6.07, 6.45) is 3.80. The Kier molecular flexibility index (Phi) is 4.52. The van der Waals surface area contributed by atoms with Crippen LogP contribution in [0.15, 0.2) is 11.6 Å². The first-order valence-electron chi connectivity index (χ1n) is 5.54. The van der Waals surface area contributed by atoms with Crippen molar-refractivity contribution < 1.29 is 19.1 Å². The van der Waals surface area contributed by atoms with Gasteiger partial charge in [0.2, 0.25) is 0 Å². The van der Waals surface area contributed by atoms with E-state index in [9.17, 15) is 9.59 Å². The number of ether oxygens (including phenoxy) is 2. The third kappa shape index (κ3) is 3.36. The number of methoxy groups -OCH3 is 1. The minimum absolute atomic E-state index is 0.121. The van der Waals surface area contributed by atoms with Crippen LogP contribution in [0.5, 0.6) is 0 Å². The predicted molar refractivity (Wildman–Crippen MR) is 58.7 cm³/mol. The SMILES string of the molecule is COC(=O)C1=CC(C(=O)OC(C)C)CCC1. The summed E-state index contributed by atoms with van der Waals surface area (Å²) in [5.74, 6) is -0.900. The van der Waals surface area contributed by atoms with Gasteiger partial charge in [0, 0.05) is 5.57 Å². The van der Waals surface area contributed by atoms with Gasteiger partial charge in [-0.15, -0.1) is 0 Å². The molecule has 0 saturated carbocycles. The van der Waals surface area contributed by atoms with E-state index in [2.05, 4.69) is 4.74 Å². The van der Waals surface area contributed by atoms with Crippen LogP contribution >= 0.6 is 0 Å². The molecule has 16 heavy (non-hydrogen) atoms. The van der Waals surface area contributed by atoms with Crippen molar-refractivity contribution in [2.24, 2.45) is 5.92 Å². The van der Waals surface area contributed by atoms with Crippen molar-refractivity contribution in [3.63, 3.8) is 0 Å². The molecule has 0 heterocycles. The third-order valence-corrected chi connectivity index (χ3v) is 2.47. The summed E-state index contributed by atoms with van der Waals surface area (Å²) in [6.45, 7) is 3.62. The number of carbonyl (C=O) groups is 2. The Balaban J connectivity index is 2.68. The molecule has 0 radical (unpaired) electrons. The van der Waals surface area contributed by atoms with E-state index in [1.54, 1.807) is 6.08 Å². The van der Waals surface area contributed by atoms with Gasteiger partial charge in [0.05, 0.1) is 19.1 Å². The van der Waals surface area contributed by atoms with Crippen LogP contribution < -0.4 is 0 Å². The summed E-state index contributed by atoms with van der Waals surface area (Å²) >= 11 is 0. The Labute approximate surface area is 95.6 Å². The van der Waals surface area contributed by atoms with Gasteiger partial charge in [-0.2, -0.15) is 0 Å². The smallest absolute Gasteiger partial charge is 0.333 e. The van der Waals surface area contributed by atoms with Crippen molar-refractivity contribution in [2.45, 2.75) is 39.2 Å². The lowest BCUT2D eigenvalue weighted by Crippen LogP contribution is -2.23. The molecule has 1 unspecified atom stereocenters. The standard InChI is InChI=1S/C12H18O4/c1-8(2)16-12(14)10-6-4-5-9(7-10)11(13)15-3/h7-8,10H,4-6H2,1-3H3. The highest BCUT2D eigenvalue weighted by atomic mass is 16.5. The quantitative estimate of drug-likeness (QED) is 0.689. The topological polar surface area (TPSA) is 52.6 Å². The van der Waals surface area contributed by atoms with Crippen molar-refractivity contribution in [3.8, 4) is 0 Å². The highest BCUT2D eigenvalue weighted by Crippen LogP contribution is 2.24. The highest BCUT2D eigenvalue weighted by molar-refractivity contribution is 5.90. The van der Waals surface area contributed by atoms with E-state index in [1.165, 1.54) is 7.11 Å². The molecule has 0 aromatic heterocycles. The third-order valence-electron chi connectivity index (χ3n) is 2.47. The number of esters is 2. The van der Waals surface area contributed by atoms with Crippen LogP contribution in [-0.4, -0.2) is 25.2 Å². The Hall–Kier alpha value is -1.32. The first-order chi connectivity index (χ1) is 7.54. The fourth-order valence-corrected chi connectivity index (χ4v) is 1.73. The van der Waals surface area contributed by atoms with E-state index in [-0.39, 0.29) is 24.0 Å². The fourth-order valence-electron chi connectivity index (χ4n) is 1.73. The molecule has 0 spiro atoms. The van der Waals surface area contributed by atoms with Gasteiger partial charge in [0.1, 0.15) is 0 Å². The molecule has 1 aliphatic rings. The second-order valence-electron chi connectivity index (χ2n) is 4.17. The van der Waals surface area contributed by atoms with E-state index in [0.717, 1.165) is 12.8 Å². The number of hydrogen-bond acceptors (Lipinski definition) is 4. The van der Waals surface area contributed by atoms with Gasteiger partial charge in [0.25, 0.3) is 0 Å². The minimum Gasteiger partial charge on any atom is -0.466 e. The maximum absolute atomic E-state index is 11.6. The molecule has 0 aromatic carbocycles. The molecular weight excluding hydrogens is 208 g/mol. The van der Waals surface area contributed by atoms with E-state index < -0.39 is 0 Å². The molecule has 0 amide bonds. The maximum Gasteiger partial charge on any atom is 0.333 e. The Morgan fingerprint density at radius 1 is 1.44 bits per heavy atom. The summed E-state index contributed by atoms with van der Waals surface area (Å²) in [6, 6.07) is 0. The van der Waals surface area contributed by atoms with Gasteiger partial charge in [-0.25, -0.2) is 4.79 Å². The molecule has 1 rings (SSSR count). The monoisotopic (exact) mass is 226 g/mol. The molecule has 1 atom stereocenters. The highest BCUT2D eigenvalue weighted by Gasteiger charge is 2.25. The normalized spacial score (nSPS) is 20.2. The van der Waals surface area contributed by atoms with Crippen LogP contribution in [0.25, 0.3) is 0 Å². The van der Waals surface area contributed by atoms with Gasteiger partial charge >= 0.3 is 11.9 Å². The van der Waals surface area contributed by atoms with Gasteiger partial charge < -0.3 is 9.47 Å². The summed E-state index contributed by atoms with van der Waals surface area (Å²) in [4.78, 5) is 23.0. The summed E-state index contributed by atoms with van der Waals surface area (Å²) < 4.78 is 9.76. The molecule has 4 heteroatoms. The Morgan fingerprint density at radius 3 is 2.69 bits per heavy atom. The average Bonchev–Trinajstić information content (AvgIpc) is 2.27. The zero-order valence-corrected chi connectivity index (χ0v) is 9.99. The lowest BCUT2D eigenvalue weighted by molar-refractivity contribution is -0.151. The van der Waals surface area contributed by atoms with E-state index >= 15 is 0 Å². The first-order valence-corrected chi connectivity index (χ1v) is 5.54. The minimum atomic E-state index is -0.345. The number of rotatable bonds is 3.